The smallest absolute Gasteiger partial charge is 0.335 e. The van der Waals surface area contributed by atoms with Gasteiger partial charge in [0.1, 0.15) is 29.5 Å². The summed E-state index contributed by atoms with van der Waals surface area (Å²) in [5.41, 5.74) is 3.08. The molecule has 0 radical (unpaired) electrons. The standard InChI is InChI=1S/C31H32ClFN4O4/c1-36-26-13-22(31(38)39)14-27(40-17-19-5-6-19)30(26)35-28(36)16-37-11-9-20(10-12-37)25-3-2-4-29(34-25)41-18-21-7-8-23(32)15-24(21)33/h2-4,7-8,13-15,19-20H,5-6,9-12,16-18H2,1H3,(H,38,39). The van der Waals surface area contributed by atoms with Gasteiger partial charge >= 0.3 is 5.97 Å². The van der Waals surface area contributed by atoms with Gasteiger partial charge in [0, 0.05) is 35.3 Å². The summed E-state index contributed by atoms with van der Waals surface area (Å²) in [6.07, 6.45) is 4.18. The zero-order valence-corrected chi connectivity index (χ0v) is 23.6. The summed E-state index contributed by atoms with van der Waals surface area (Å²) in [7, 11) is 1.93. The van der Waals surface area contributed by atoms with Gasteiger partial charge in [0.15, 0.2) is 0 Å². The van der Waals surface area contributed by atoms with Crippen molar-refractivity contribution in [2.24, 2.45) is 13.0 Å². The molecule has 41 heavy (non-hydrogen) atoms. The van der Waals surface area contributed by atoms with Crippen molar-refractivity contribution in [3.63, 3.8) is 0 Å². The van der Waals surface area contributed by atoms with Gasteiger partial charge in [0.05, 0.1) is 24.2 Å². The van der Waals surface area contributed by atoms with Crippen molar-refractivity contribution in [3.05, 3.63) is 82.0 Å². The normalized spacial score (nSPS) is 16.3. The molecule has 1 aliphatic carbocycles. The molecule has 0 spiro atoms. The van der Waals surface area contributed by atoms with Crippen molar-refractivity contribution in [3.8, 4) is 11.6 Å². The van der Waals surface area contributed by atoms with Gasteiger partial charge in [0.25, 0.3) is 0 Å². The molecule has 0 atom stereocenters. The summed E-state index contributed by atoms with van der Waals surface area (Å²) < 4.78 is 27.9. The predicted molar refractivity (Wildman–Crippen MR) is 153 cm³/mol. The summed E-state index contributed by atoms with van der Waals surface area (Å²) in [4.78, 5) is 23.7. The van der Waals surface area contributed by atoms with Crippen molar-refractivity contribution in [2.45, 2.75) is 44.8 Å². The molecule has 1 saturated heterocycles. The number of carboxylic acid groups (broad SMARTS) is 1. The molecule has 0 amide bonds. The monoisotopic (exact) mass is 578 g/mol. The topological polar surface area (TPSA) is 89.7 Å². The number of ether oxygens (including phenoxy) is 2. The van der Waals surface area contributed by atoms with E-state index in [4.69, 9.17) is 31.0 Å². The van der Waals surface area contributed by atoms with Gasteiger partial charge in [-0.2, -0.15) is 0 Å². The predicted octanol–water partition coefficient (Wildman–Crippen LogP) is 6.21. The maximum atomic E-state index is 14.1. The third kappa shape index (κ3) is 6.31. The van der Waals surface area contributed by atoms with Crippen LogP contribution in [0.4, 0.5) is 4.39 Å². The number of benzene rings is 2. The second kappa shape index (κ2) is 11.7. The Kier molecular flexibility index (Phi) is 7.81. The Labute approximate surface area is 242 Å². The fourth-order valence-electron chi connectivity index (χ4n) is 5.29. The molecule has 4 aromatic rings. The van der Waals surface area contributed by atoms with Crippen molar-refractivity contribution in [1.29, 1.82) is 0 Å². The number of nitrogens with zero attached hydrogens (tertiary/aromatic N) is 4. The summed E-state index contributed by atoms with van der Waals surface area (Å²) >= 11 is 5.84. The molecular weight excluding hydrogens is 547 g/mol. The first-order chi connectivity index (χ1) is 19.8. The molecule has 8 nitrogen and oxygen atoms in total. The number of piperidine rings is 1. The zero-order chi connectivity index (χ0) is 28.5. The Bertz CT molecular complexity index is 1580. The summed E-state index contributed by atoms with van der Waals surface area (Å²) in [5, 5.41) is 9.98. The zero-order valence-electron chi connectivity index (χ0n) is 22.9. The fraction of sp³-hybridized carbons (Fsp3) is 0.387. The Morgan fingerprint density at radius 2 is 1.88 bits per heavy atom. The number of aryl methyl sites for hydroxylation is 1. The molecule has 214 valence electrons. The lowest BCUT2D eigenvalue weighted by Gasteiger charge is -2.31. The van der Waals surface area contributed by atoms with Crippen LogP contribution >= 0.6 is 11.6 Å². The van der Waals surface area contributed by atoms with Crippen molar-refractivity contribution >= 4 is 28.6 Å². The molecule has 6 rings (SSSR count). The number of carboxylic acids is 1. The van der Waals surface area contributed by atoms with Crippen molar-refractivity contribution < 1.29 is 23.8 Å². The van der Waals surface area contributed by atoms with E-state index in [9.17, 15) is 14.3 Å². The van der Waals surface area contributed by atoms with Crippen molar-refractivity contribution in [2.75, 3.05) is 19.7 Å². The quantitative estimate of drug-likeness (QED) is 0.239. The minimum absolute atomic E-state index is 0.0806. The number of fused-ring (bicyclic) bond motifs is 1. The van der Waals surface area contributed by atoms with Crippen LogP contribution in [0, 0.1) is 11.7 Å². The van der Waals surface area contributed by atoms with Crippen molar-refractivity contribution in [1.82, 2.24) is 19.4 Å². The highest BCUT2D eigenvalue weighted by Gasteiger charge is 2.26. The van der Waals surface area contributed by atoms with E-state index in [1.54, 1.807) is 30.3 Å². The van der Waals surface area contributed by atoms with Crippen LogP contribution in [0.2, 0.25) is 5.02 Å². The number of hydrogen-bond acceptors (Lipinski definition) is 6. The van der Waals surface area contributed by atoms with E-state index in [2.05, 4.69) is 4.90 Å². The van der Waals surface area contributed by atoms with E-state index in [0.29, 0.717) is 52.7 Å². The number of pyridine rings is 1. The minimum atomic E-state index is -0.979. The molecule has 0 unspecified atom stereocenters. The molecular formula is C31H32ClFN4O4. The highest BCUT2D eigenvalue weighted by atomic mass is 35.5. The fourth-order valence-corrected chi connectivity index (χ4v) is 5.45. The van der Waals surface area contributed by atoms with Crippen LogP contribution in [0.5, 0.6) is 11.6 Å². The number of halogens is 2. The SMILES string of the molecule is Cn1c(CN2CCC(c3cccc(OCc4ccc(Cl)cc4F)n3)CC2)nc2c(OCC3CC3)cc(C(=O)O)cc21. The van der Waals surface area contributed by atoms with Gasteiger partial charge in [-0.3, -0.25) is 4.90 Å². The van der Waals surface area contributed by atoms with Gasteiger partial charge in [-0.05, 0) is 75.0 Å². The Morgan fingerprint density at radius 1 is 1.07 bits per heavy atom. The maximum Gasteiger partial charge on any atom is 0.335 e. The average molecular weight is 579 g/mol. The molecule has 2 fully saturated rings. The second-order valence-electron chi connectivity index (χ2n) is 11.0. The molecule has 1 saturated carbocycles. The highest BCUT2D eigenvalue weighted by Crippen LogP contribution is 2.34. The van der Waals surface area contributed by atoms with Crippen LogP contribution in [0.25, 0.3) is 11.0 Å². The van der Waals surface area contributed by atoms with E-state index >= 15 is 0 Å². The number of hydrogen-bond donors (Lipinski definition) is 1. The van der Waals surface area contributed by atoms with Crippen LogP contribution in [0.15, 0.2) is 48.5 Å². The average Bonchev–Trinajstić information content (AvgIpc) is 3.75. The van der Waals surface area contributed by atoms with Gasteiger partial charge < -0.3 is 19.1 Å². The number of likely N-dealkylation sites (tertiary alicyclic amines) is 1. The molecule has 2 aliphatic rings. The lowest BCUT2D eigenvalue weighted by Crippen LogP contribution is -2.33. The molecule has 3 heterocycles. The Hall–Kier alpha value is -3.69. The maximum absolute atomic E-state index is 14.1. The first-order valence-corrected chi connectivity index (χ1v) is 14.3. The first kappa shape index (κ1) is 27.5. The van der Waals surface area contributed by atoms with E-state index in [-0.39, 0.29) is 12.2 Å². The van der Waals surface area contributed by atoms with Gasteiger partial charge in [-0.1, -0.05) is 23.7 Å². The van der Waals surface area contributed by atoms with Crippen LogP contribution in [-0.2, 0) is 20.2 Å². The largest absolute Gasteiger partial charge is 0.491 e. The molecule has 2 aromatic heterocycles. The van der Waals surface area contributed by atoms with Gasteiger partial charge in [0.2, 0.25) is 5.88 Å². The number of aromatic carboxylic acids is 1. The third-order valence-electron chi connectivity index (χ3n) is 7.97. The molecule has 0 bridgehead atoms. The minimum Gasteiger partial charge on any atom is -0.491 e. The molecule has 1 aliphatic heterocycles. The van der Waals surface area contributed by atoms with E-state index in [0.717, 1.165) is 55.8 Å². The van der Waals surface area contributed by atoms with E-state index < -0.39 is 11.8 Å². The molecule has 2 aromatic carbocycles. The number of aromatic nitrogens is 3. The number of rotatable bonds is 10. The second-order valence-corrected chi connectivity index (χ2v) is 11.4. The third-order valence-corrected chi connectivity index (χ3v) is 8.20. The highest BCUT2D eigenvalue weighted by molar-refractivity contribution is 6.30. The van der Waals surface area contributed by atoms with E-state index in [1.165, 1.54) is 6.07 Å². The summed E-state index contributed by atoms with van der Waals surface area (Å²) in [6.45, 7) is 3.09. The number of carbonyl (C=O) groups is 1. The van der Waals surface area contributed by atoms with Crippen LogP contribution in [0.3, 0.4) is 0 Å². The first-order valence-electron chi connectivity index (χ1n) is 14.0. The van der Waals surface area contributed by atoms with Gasteiger partial charge in [-0.25, -0.2) is 19.2 Å². The number of imidazole rings is 1. The van der Waals surface area contributed by atoms with Crippen LogP contribution in [0.1, 0.15) is 59.0 Å². The lowest BCUT2D eigenvalue weighted by molar-refractivity contribution is 0.0696. The van der Waals surface area contributed by atoms with E-state index in [1.807, 2.05) is 23.7 Å². The Morgan fingerprint density at radius 3 is 2.61 bits per heavy atom. The molecule has 1 N–H and O–H groups in total. The summed E-state index contributed by atoms with van der Waals surface area (Å²) in [5.74, 6) is 1.36. The van der Waals surface area contributed by atoms with Crippen LogP contribution < -0.4 is 9.47 Å². The van der Waals surface area contributed by atoms with Gasteiger partial charge in [-0.15, -0.1) is 0 Å². The lowest BCUT2D eigenvalue weighted by atomic mass is 9.93. The molecule has 10 heteroatoms. The van der Waals surface area contributed by atoms with Crippen LogP contribution in [-0.4, -0.2) is 50.2 Å². The Balaban J connectivity index is 1.10. The summed E-state index contributed by atoms with van der Waals surface area (Å²) in [6, 6.07) is 13.5.